The Kier molecular flexibility index (Phi) is 2.35. The third kappa shape index (κ3) is 1.56. The fourth-order valence-electron chi connectivity index (χ4n) is 2.05. The van der Waals surface area contributed by atoms with Crippen molar-refractivity contribution in [2.75, 3.05) is 0 Å². The Balaban J connectivity index is 2.77. The van der Waals surface area contributed by atoms with Gasteiger partial charge in [0.2, 0.25) is 0 Å². The topological polar surface area (TPSA) is 30.2 Å². The molecular formula is C13H14O2. The maximum absolute atomic E-state index is 10.7. The molecule has 0 aliphatic heterocycles. The fourth-order valence-corrected chi connectivity index (χ4v) is 2.05. The highest BCUT2D eigenvalue weighted by atomic mass is 16.3. The highest BCUT2D eigenvalue weighted by Gasteiger charge is 2.13. The number of rotatable bonds is 2. The zero-order chi connectivity index (χ0) is 11.0. The number of benzene rings is 1. The molecule has 0 saturated carbocycles. The minimum atomic E-state index is 0.410. The second-order valence-electron chi connectivity index (χ2n) is 4.10. The lowest BCUT2D eigenvalue weighted by Gasteiger charge is -2.03. The zero-order valence-electron chi connectivity index (χ0n) is 9.20. The SMILES string of the molecule is Cc1oc2ccc(C=O)cc2c1C(C)C. The van der Waals surface area contributed by atoms with Gasteiger partial charge in [-0.1, -0.05) is 13.8 Å². The molecule has 0 aliphatic carbocycles. The predicted molar refractivity (Wildman–Crippen MR) is 60.4 cm³/mol. The maximum atomic E-state index is 10.7. The Hall–Kier alpha value is -1.57. The van der Waals surface area contributed by atoms with Crippen LogP contribution < -0.4 is 0 Å². The molecule has 0 spiro atoms. The molecule has 2 rings (SSSR count). The normalized spacial score (nSPS) is 11.2. The molecule has 2 aromatic rings. The van der Waals surface area contributed by atoms with Gasteiger partial charge in [0.15, 0.2) is 0 Å². The van der Waals surface area contributed by atoms with Crippen LogP contribution in [0.25, 0.3) is 11.0 Å². The number of aryl methyl sites for hydroxylation is 1. The molecule has 2 heteroatoms. The van der Waals surface area contributed by atoms with E-state index in [9.17, 15) is 4.79 Å². The first-order chi connectivity index (χ1) is 7.13. The van der Waals surface area contributed by atoms with Crippen LogP contribution in [0, 0.1) is 6.92 Å². The predicted octanol–water partition coefficient (Wildman–Crippen LogP) is 3.68. The maximum Gasteiger partial charge on any atom is 0.150 e. The zero-order valence-corrected chi connectivity index (χ0v) is 9.20. The van der Waals surface area contributed by atoms with Crippen LogP contribution in [0.4, 0.5) is 0 Å². The third-order valence-corrected chi connectivity index (χ3v) is 2.65. The molecule has 1 aromatic carbocycles. The summed E-state index contributed by atoms with van der Waals surface area (Å²) >= 11 is 0. The average molecular weight is 202 g/mol. The van der Waals surface area contributed by atoms with Gasteiger partial charge in [-0.25, -0.2) is 0 Å². The Morgan fingerprint density at radius 2 is 2.07 bits per heavy atom. The quantitative estimate of drug-likeness (QED) is 0.695. The molecule has 0 unspecified atom stereocenters. The number of fused-ring (bicyclic) bond motifs is 1. The van der Waals surface area contributed by atoms with Crippen LogP contribution in [0.1, 0.15) is 41.4 Å². The lowest BCUT2D eigenvalue weighted by atomic mass is 9.99. The molecule has 0 atom stereocenters. The number of hydrogen-bond donors (Lipinski definition) is 0. The molecule has 78 valence electrons. The number of aldehydes is 1. The first-order valence-electron chi connectivity index (χ1n) is 5.11. The summed E-state index contributed by atoms with van der Waals surface area (Å²) in [7, 11) is 0. The van der Waals surface area contributed by atoms with Crippen LogP contribution in [-0.4, -0.2) is 6.29 Å². The van der Waals surface area contributed by atoms with Crippen LogP contribution in [0.15, 0.2) is 22.6 Å². The summed E-state index contributed by atoms with van der Waals surface area (Å²) in [5, 5.41) is 1.06. The Labute approximate surface area is 88.9 Å². The van der Waals surface area contributed by atoms with E-state index in [1.165, 1.54) is 5.56 Å². The minimum Gasteiger partial charge on any atom is -0.461 e. The summed E-state index contributed by atoms with van der Waals surface area (Å²) in [5.41, 5.74) is 2.76. The van der Waals surface area contributed by atoms with E-state index in [1.54, 1.807) is 6.07 Å². The van der Waals surface area contributed by atoms with E-state index >= 15 is 0 Å². The van der Waals surface area contributed by atoms with Crippen molar-refractivity contribution in [3.05, 3.63) is 35.1 Å². The van der Waals surface area contributed by atoms with E-state index in [4.69, 9.17) is 4.42 Å². The van der Waals surface area contributed by atoms with E-state index < -0.39 is 0 Å². The first kappa shape index (κ1) is 9.97. The van der Waals surface area contributed by atoms with Crippen molar-refractivity contribution in [3.63, 3.8) is 0 Å². The summed E-state index contributed by atoms with van der Waals surface area (Å²) in [6.45, 7) is 6.23. The van der Waals surface area contributed by atoms with Gasteiger partial charge in [-0.2, -0.15) is 0 Å². The molecule has 2 nitrogen and oxygen atoms in total. The smallest absolute Gasteiger partial charge is 0.150 e. The monoisotopic (exact) mass is 202 g/mol. The molecule has 0 bridgehead atoms. The summed E-state index contributed by atoms with van der Waals surface area (Å²) in [6, 6.07) is 5.54. The second-order valence-corrected chi connectivity index (χ2v) is 4.10. The van der Waals surface area contributed by atoms with Crippen molar-refractivity contribution in [1.82, 2.24) is 0 Å². The van der Waals surface area contributed by atoms with Crippen molar-refractivity contribution in [3.8, 4) is 0 Å². The molecule has 0 saturated heterocycles. The number of carbonyl (C=O) groups is 1. The van der Waals surface area contributed by atoms with Gasteiger partial charge in [0, 0.05) is 16.5 Å². The molecule has 0 radical (unpaired) electrons. The van der Waals surface area contributed by atoms with Crippen molar-refractivity contribution in [1.29, 1.82) is 0 Å². The van der Waals surface area contributed by atoms with Crippen LogP contribution in [-0.2, 0) is 0 Å². The fraction of sp³-hybridized carbons (Fsp3) is 0.308. The van der Waals surface area contributed by atoms with E-state index in [0.29, 0.717) is 11.5 Å². The Morgan fingerprint density at radius 1 is 1.33 bits per heavy atom. The molecule has 0 aliphatic rings. The standard InChI is InChI=1S/C13H14O2/c1-8(2)13-9(3)15-12-5-4-10(7-14)6-11(12)13/h4-8H,1-3H3. The first-order valence-corrected chi connectivity index (χ1v) is 5.11. The van der Waals surface area contributed by atoms with Crippen LogP contribution in [0.3, 0.4) is 0 Å². The van der Waals surface area contributed by atoms with Gasteiger partial charge in [-0.05, 0) is 31.0 Å². The van der Waals surface area contributed by atoms with Gasteiger partial charge in [0.05, 0.1) is 0 Å². The molecule has 1 aromatic heterocycles. The summed E-state index contributed by atoms with van der Waals surface area (Å²) in [5.74, 6) is 1.36. The van der Waals surface area contributed by atoms with Crippen LogP contribution >= 0.6 is 0 Å². The number of hydrogen-bond acceptors (Lipinski definition) is 2. The molecular weight excluding hydrogens is 188 g/mol. The van der Waals surface area contributed by atoms with Gasteiger partial charge in [0.1, 0.15) is 17.6 Å². The van der Waals surface area contributed by atoms with Gasteiger partial charge >= 0.3 is 0 Å². The van der Waals surface area contributed by atoms with Gasteiger partial charge in [-0.15, -0.1) is 0 Å². The molecule has 15 heavy (non-hydrogen) atoms. The van der Waals surface area contributed by atoms with Crippen molar-refractivity contribution < 1.29 is 9.21 Å². The molecule has 0 amide bonds. The lowest BCUT2D eigenvalue weighted by Crippen LogP contribution is -1.88. The highest BCUT2D eigenvalue weighted by Crippen LogP contribution is 2.31. The minimum absolute atomic E-state index is 0.410. The summed E-state index contributed by atoms with van der Waals surface area (Å²) < 4.78 is 5.64. The molecule has 0 fully saturated rings. The van der Waals surface area contributed by atoms with Crippen molar-refractivity contribution in [2.24, 2.45) is 0 Å². The summed E-state index contributed by atoms with van der Waals surface area (Å²) in [6.07, 6.45) is 0.867. The van der Waals surface area contributed by atoms with Crippen LogP contribution in [0.2, 0.25) is 0 Å². The summed E-state index contributed by atoms with van der Waals surface area (Å²) in [4.78, 5) is 10.7. The second kappa shape index (κ2) is 3.54. The van der Waals surface area contributed by atoms with E-state index in [2.05, 4.69) is 13.8 Å². The lowest BCUT2D eigenvalue weighted by molar-refractivity contribution is 0.112. The van der Waals surface area contributed by atoms with Crippen molar-refractivity contribution in [2.45, 2.75) is 26.7 Å². The van der Waals surface area contributed by atoms with Gasteiger partial charge < -0.3 is 4.42 Å². The Bertz CT molecular complexity index is 506. The number of carbonyl (C=O) groups excluding carboxylic acids is 1. The largest absolute Gasteiger partial charge is 0.461 e. The van der Waals surface area contributed by atoms with E-state index in [0.717, 1.165) is 23.0 Å². The Morgan fingerprint density at radius 3 is 2.67 bits per heavy atom. The van der Waals surface area contributed by atoms with Crippen molar-refractivity contribution >= 4 is 17.3 Å². The third-order valence-electron chi connectivity index (χ3n) is 2.65. The number of furan rings is 1. The van der Waals surface area contributed by atoms with Crippen LogP contribution in [0.5, 0.6) is 0 Å². The average Bonchev–Trinajstić information content (AvgIpc) is 2.52. The highest BCUT2D eigenvalue weighted by molar-refractivity contribution is 5.89. The van der Waals surface area contributed by atoms with Gasteiger partial charge in [-0.3, -0.25) is 4.79 Å². The van der Waals surface area contributed by atoms with E-state index in [1.807, 2.05) is 19.1 Å². The molecule has 0 N–H and O–H groups in total. The van der Waals surface area contributed by atoms with E-state index in [-0.39, 0.29) is 0 Å². The van der Waals surface area contributed by atoms with Gasteiger partial charge in [0.25, 0.3) is 0 Å². The molecule has 1 heterocycles.